The van der Waals surface area contributed by atoms with Gasteiger partial charge in [-0.2, -0.15) is 0 Å². The van der Waals surface area contributed by atoms with E-state index in [1.807, 2.05) is 17.7 Å². The van der Waals surface area contributed by atoms with Crippen molar-refractivity contribution in [3.63, 3.8) is 0 Å². The summed E-state index contributed by atoms with van der Waals surface area (Å²) < 4.78 is 12.4. The Bertz CT molecular complexity index is 605. The Labute approximate surface area is 118 Å². The predicted octanol–water partition coefficient (Wildman–Crippen LogP) is 2.35. The molecule has 2 aromatic rings. The fraction of sp³-hybridized carbons (Fsp3) is 0.333. The Kier molecular flexibility index (Phi) is 4.40. The zero-order valence-corrected chi connectivity index (χ0v) is 11.9. The molecule has 0 aliphatic heterocycles. The second kappa shape index (κ2) is 6.23. The van der Waals surface area contributed by atoms with Crippen molar-refractivity contribution in [3.05, 3.63) is 42.0 Å². The third-order valence-electron chi connectivity index (χ3n) is 3.16. The highest BCUT2D eigenvalue weighted by Crippen LogP contribution is 2.31. The second-order valence-corrected chi connectivity index (χ2v) is 4.27. The van der Waals surface area contributed by atoms with Gasteiger partial charge in [-0.25, -0.2) is 4.98 Å². The normalized spacial score (nSPS) is 10.3. The third-order valence-corrected chi connectivity index (χ3v) is 3.16. The van der Waals surface area contributed by atoms with E-state index in [0.29, 0.717) is 17.1 Å². The number of methoxy groups -OCH3 is 2. The molecule has 0 amide bonds. The SMILES string of the molecule is CCn1ccnc1CC(=O)c1cccc(OC)c1OC. The zero-order chi connectivity index (χ0) is 14.5. The molecule has 0 atom stereocenters. The van der Waals surface area contributed by atoms with Crippen molar-refractivity contribution in [2.45, 2.75) is 19.9 Å². The van der Waals surface area contributed by atoms with Crippen molar-refractivity contribution < 1.29 is 14.3 Å². The highest BCUT2D eigenvalue weighted by molar-refractivity contribution is 6.00. The number of ketones is 1. The van der Waals surface area contributed by atoms with E-state index >= 15 is 0 Å². The first-order valence-corrected chi connectivity index (χ1v) is 6.45. The summed E-state index contributed by atoms with van der Waals surface area (Å²) in [6, 6.07) is 5.28. The van der Waals surface area contributed by atoms with E-state index in [0.717, 1.165) is 12.4 Å². The number of imidazole rings is 1. The Morgan fingerprint density at radius 1 is 1.30 bits per heavy atom. The smallest absolute Gasteiger partial charge is 0.174 e. The van der Waals surface area contributed by atoms with Gasteiger partial charge in [-0.15, -0.1) is 0 Å². The first kappa shape index (κ1) is 14.1. The number of aryl methyl sites for hydroxylation is 1. The van der Waals surface area contributed by atoms with Crippen molar-refractivity contribution in [2.75, 3.05) is 14.2 Å². The summed E-state index contributed by atoms with van der Waals surface area (Å²) in [6.07, 6.45) is 3.81. The molecule has 2 rings (SSSR count). The molecule has 0 saturated carbocycles. The van der Waals surface area contributed by atoms with Crippen LogP contribution in [0, 0.1) is 0 Å². The van der Waals surface area contributed by atoms with Gasteiger partial charge in [-0.1, -0.05) is 6.07 Å². The van der Waals surface area contributed by atoms with E-state index in [9.17, 15) is 4.79 Å². The van der Waals surface area contributed by atoms with Crippen LogP contribution in [0.5, 0.6) is 11.5 Å². The van der Waals surface area contributed by atoms with E-state index in [1.54, 1.807) is 31.5 Å². The molecule has 0 unspecified atom stereocenters. The van der Waals surface area contributed by atoms with E-state index in [2.05, 4.69) is 4.98 Å². The Morgan fingerprint density at radius 3 is 2.75 bits per heavy atom. The van der Waals surface area contributed by atoms with Gasteiger partial charge >= 0.3 is 0 Å². The van der Waals surface area contributed by atoms with Crippen LogP contribution >= 0.6 is 0 Å². The lowest BCUT2D eigenvalue weighted by Gasteiger charge is -2.12. The number of Topliss-reactive ketones (excluding diaryl/α,β-unsaturated/α-hetero) is 1. The van der Waals surface area contributed by atoms with E-state index in [4.69, 9.17) is 9.47 Å². The summed E-state index contributed by atoms with van der Waals surface area (Å²) >= 11 is 0. The van der Waals surface area contributed by atoms with Gasteiger partial charge in [0, 0.05) is 18.9 Å². The van der Waals surface area contributed by atoms with Crippen molar-refractivity contribution >= 4 is 5.78 Å². The van der Waals surface area contributed by atoms with Gasteiger partial charge < -0.3 is 14.0 Å². The summed E-state index contributed by atoms with van der Waals surface area (Å²) in [7, 11) is 3.08. The lowest BCUT2D eigenvalue weighted by Crippen LogP contribution is -2.11. The van der Waals surface area contributed by atoms with Crippen LogP contribution in [-0.4, -0.2) is 29.6 Å². The number of aromatic nitrogens is 2. The summed E-state index contributed by atoms with van der Waals surface area (Å²) in [6.45, 7) is 2.81. The minimum atomic E-state index is -0.0401. The summed E-state index contributed by atoms with van der Waals surface area (Å²) in [5, 5.41) is 0. The van der Waals surface area contributed by atoms with Gasteiger partial charge in [0.05, 0.1) is 26.2 Å². The highest BCUT2D eigenvalue weighted by Gasteiger charge is 2.18. The van der Waals surface area contributed by atoms with Crippen LogP contribution in [0.2, 0.25) is 0 Å². The molecule has 0 radical (unpaired) electrons. The monoisotopic (exact) mass is 274 g/mol. The van der Waals surface area contributed by atoms with Crippen LogP contribution in [0.3, 0.4) is 0 Å². The van der Waals surface area contributed by atoms with Crippen molar-refractivity contribution in [1.29, 1.82) is 0 Å². The van der Waals surface area contributed by atoms with Crippen molar-refractivity contribution in [3.8, 4) is 11.5 Å². The average Bonchev–Trinajstić information content (AvgIpc) is 2.93. The van der Waals surface area contributed by atoms with Gasteiger partial charge in [0.15, 0.2) is 17.3 Å². The number of ether oxygens (including phenoxy) is 2. The third kappa shape index (κ3) is 2.66. The number of benzene rings is 1. The molecular formula is C15H18N2O3. The largest absolute Gasteiger partial charge is 0.493 e. The minimum absolute atomic E-state index is 0.0401. The Hall–Kier alpha value is -2.30. The van der Waals surface area contributed by atoms with Crippen LogP contribution in [-0.2, 0) is 13.0 Å². The molecule has 106 valence electrons. The summed E-state index contributed by atoms with van der Waals surface area (Å²) in [5.74, 6) is 1.73. The fourth-order valence-electron chi connectivity index (χ4n) is 2.14. The van der Waals surface area contributed by atoms with Crippen LogP contribution in [0.15, 0.2) is 30.6 Å². The van der Waals surface area contributed by atoms with E-state index < -0.39 is 0 Å². The minimum Gasteiger partial charge on any atom is -0.493 e. The number of carbonyl (C=O) groups is 1. The van der Waals surface area contributed by atoms with Gasteiger partial charge in [-0.3, -0.25) is 4.79 Å². The van der Waals surface area contributed by atoms with Gasteiger partial charge in [0.2, 0.25) is 0 Å². The standard InChI is InChI=1S/C15H18N2O3/c1-4-17-9-8-16-14(17)10-12(18)11-6-5-7-13(19-2)15(11)20-3/h5-9H,4,10H2,1-3H3. The molecule has 0 aliphatic rings. The first-order valence-electron chi connectivity index (χ1n) is 6.45. The quantitative estimate of drug-likeness (QED) is 0.759. The molecule has 0 bridgehead atoms. The molecule has 1 aromatic carbocycles. The fourth-order valence-corrected chi connectivity index (χ4v) is 2.14. The molecule has 0 fully saturated rings. The lowest BCUT2D eigenvalue weighted by atomic mass is 10.1. The maximum absolute atomic E-state index is 12.4. The molecule has 0 saturated heterocycles. The van der Waals surface area contributed by atoms with Crippen LogP contribution in [0.4, 0.5) is 0 Å². The first-order chi connectivity index (χ1) is 9.71. The Morgan fingerprint density at radius 2 is 2.10 bits per heavy atom. The predicted molar refractivity (Wildman–Crippen MR) is 75.5 cm³/mol. The average molecular weight is 274 g/mol. The number of carbonyl (C=O) groups excluding carboxylic acids is 1. The molecule has 0 aliphatic carbocycles. The molecule has 1 aromatic heterocycles. The topological polar surface area (TPSA) is 53.4 Å². The summed E-state index contributed by atoms with van der Waals surface area (Å²) in [5.41, 5.74) is 0.512. The maximum Gasteiger partial charge on any atom is 0.174 e. The Balaban J connectivity index is 2.30. The van der Waals surface area contributed by atoms with Crippen molar-refractivity contribution in [1.82, 2.24) is 9.55 Å². The number of nitrogens with zero attached hydrogens (tertiary/aromatic N) is 2. The number of hydrogen-bond acceptors (Lipinski definition) is 4. The molecule has 0 N–H and O–H groups in total. The number of rotatable bonds is 6. The van der Waals surface area contributed by atoms with Gasteiger partial charge in [0.1, 0.15) is 5.82 Å². The van der Waals surface area contributed by atoms with Crippen LogP contribution < -0.4 is 9.47 Å². The second-order valence-electron chi connectivity index (χ2n) is 4.27. The lowest BCUT2D eigenvalue weighted by molar-refractivity contribution is 0.0986. The van der Waals surface area contributed by atoms with Crippen LogP contribution in [0.1, 0.15) is 23.1 Å². The van der Waals surface area contributed by atoms with Crippen molar-refractivity contribution in [2.24, 2.45) is 0 Å². The zero-order valence-electron chi connectivity index (χ0n) is 11.9. The van der Waals surface area contributed by atoms with E-state index in [1.165, 1.54) is 7.11 Å². The number of para-hydroxylation sites is 1. The molecule has 0 spiro atoms. The maximum atomic E-state index is 12.4. The molecule has 20 heavy (non-hydrogen) atoms. The molecule has 5 heteroatoms. The highest BCUT2D eigenvalue weighted by atomic mass is 16.5. The summed E-state index contributed by atoms with van der Waals surface area (Å²) in [4.78, 5) is 16.7. The van der Waals surface area contributed by atoms with E-state index in [-0.39, 0.29) is 12.2 Å². The molecular weight excluding hydrogens is 256 g/mol. The van der Waals surface area contributed by atoms with Gasteiger partial charge in [-0.05, 0) is 19.1 Å². The number of hydrogen-bond donors (Lipinski definition) is 0. The molecule has 1 heterocycles. The molecule has 5 nitrogen and oxygen atoms in total. The van der Waals surface area contributed by atoms with Crippen LogP contribution in [0.25, 0.3) is 0 Å². The van der Waals surface area contributed by atoms with Gasteiger partial charge in [0.25, 0.3) is 0 Å².